The number of hydrogen-bond donors (Lipinski definition) is 0. The van der Waals surface area contributed by atoms with Crippen molar-refractivity contribution in [3.05, 3.63) is 57.3 Å². The molecule has 29 heavy (non-hydrogen) atoms. The number of aryl methyl sites for hydroxylation is 1. The molecular formula is C23H29N3O2S. The van der Waals surface area contributed by atoms with E-state index in [-0.39, 0.29) is 24.5 Å². The molecule has 2 aliphatic rings. The molecule has 154 valence electrons. The molecule has 0 unspecified atom stereocenters. The zero-order valence-electron chi connectivity index (χ0n) is 17.4. The highest BCUT2D eigenvalue weighted by molar-refractivity contribution is 7.10. The Hall–Kier alpha value is -2.34. The second kappa shape index (κ2) is 8.19. The van der Waals surface area contributed by atoms with Crippen molar-refractivity contribution >= 4 is 23.3 Å². The number of carbonyl (C=O) groups is 2. The van der Waals surface area contributed by atoms with E-state index in [0.717, 1.165) is 19.3 Å². The summed E-state index contributed by atoms with van der Waals surface area (Å²) in [5.41, 5.74) is 3.60. The number of hydrogen-bond acceptors (Lipinski definition) is 3. The standard InChI is InChI=1S/C23H29N3O2S/c1-16-6-4-5-7-18(16)22-19-11-13-29-20(19)10-12-26(22)21(27)15-25(14-17-8-9-17)23(28)24(2)3/h4-7,11,13,17,22H,8-10,12,14-15H2,1-3H3/t22-/m0/s1. The summed E-state index contributed by atoms with van der Waals surface area (Å²) in [7, 11) is 3.50. The maximum Gasteiger partial charge on any atom is 0.319 e. The predicted molar refractivity (Wildman–Crippen MR) is 116 cm³/mol. The first-order valence-corrected chi connectivity index (χ1v) is 11.2. The van der Waals surface area contributed by atoms with Crippen LogP contribution in [0.4, 0.5) is 4.79 Å². The highest BCUT2D eigenvalue weighted by atomic mass is 32.1. The smallest absolute Gasteiger partial charge is 0.319 e. The molecule has 2 heterocycles. The molecule has 3 amide bonds. The van der Waals surface area contributed by atoms with Crippen LogP contribution in [0.1, 0.15) is 40.5 Å². The van der Waals surface area contributed by atoms with Crippen molar-refractivity contribution in [1.29, 1.82) is 0 Å². The first kappa shape index (κ1) is 20.0. The summed E-state index contributed by atoms with van der Waals surface area (Å²) in [6.07, 6.45) is 3.18. The molecule has 1 aromatic carbocycles. The van der Waals surface area contributed by atoms with Crippen molar-refractivity contribution in [2.45, 2.75) is 32.2 Å². The van der Waals surface area contributed by atoms with Crippen molar-refractivity contribution in [2.75, 3.05) is 33.7 Å². The van der Waals surface area contributed by atoms with Crippen LogP contribution in [0.25, 0.3) is 0 Å². The Balaban J connectivity index is 1.62. The number of rotatable bonds is 5. The van der Waals surface area contributed by atoms with Gasteiger partial charge in [0.05, 0.1) is 6.04 Å². The van der Waals surface area contributed by atoms with Gasteiger partial charge in [-0.1, -0.05) is 24.3 Å². The van der Waals surface area contributed by atoms with Crippen molar-refractivity contribution in [3.8, 4) is 0 Å². The summed E-state index contributed by atoms with van der Waals surface area (Å²) in [5, 5.41) is 2.12. The van der Waals surface area contributed by atoms with Gasteiger partial charge in [-0.25, -0.2) is 4.79 Å². The van der Waals surface area contributed by atoms with Gasteiger partial charge >= 0.3 is 6.03 Å². The van der Waals surface area contributed by atoms with E-state index in [1.165, 1.54) is 21.6 Å². The van der Waals surface area contributed by atoms with E-state index < -0.39 is 0 Å². The quantitative estimate of drug-likeness (QED) is 0.748. The lowest BCUT2D eigenvalue weighted by Crippen LogP contribution is -2.49. The van der Waals surface area contributed by atoms with Gasteiger partial charge in [0.15, 0.2) is 0 Å². The lowest BCUT2D eigenvalue weighted by atomic mass is 9.90. The molecule has 0 N–H and O–H groups in total. The molecular weight excluding hydrogens is 382 g/mol. The number of amides is 3. The number of fused-ring (bicyclic) bond motifs is 1. The van der Waals surface area contributed by atoms with Gasteiger partial charge in [0.25, 0.3) is 0 Å². The molecule has 4 rings (SSSR count). The van der Waals surface area contributed by atoms with Gasteiger partial charge in [-0.2, -0.15) is 0 Å². The molecule has 0 saturated heterocycles. The van der Waals surface area contributed by atoms with Crippen LogP contribution in [0.2, 0.25) is 0 Å². The third-order valence-corrected chi connectivity index (χ3v) is 6.92. The predicted octanol–water partition coefficient (Wildman–Crippen LogP) is 3.92. The topological polar surface area (TPSA) is 43.9 Å². The van der Waals surface area contributed by atoms with E-state index in [0.29, 0.717) is 19.0 Å². The molecule has 6 heteroatoms. The molecule has 2 aromatic rings. The first-order chi connectivity index (χ1) is 14.0. The second-order valence-corrected chi connectivity index (χ2v) is 9.40. The van der Waals surface area contributed by atoms with Crippen LogP contribution in [-0.2, 0) is 11.2 Å². The SMILES string of the molecule is Cc1ccccc1[C@H]1c2ccsc2CCN1C(=O)CN(CC1CC1)C(=O)N(C)C. The van der Waals surface area contributed by atoms with Gasteiger partial charge in [-0.3, -0.25) is 4.79 Å². The maximum absolute atomic E-state index is 13.5. The van der Waals surface area contributed by atoms with E-state index in [9.17, 15) is 9.59 Å². The summed E-state index contributed by atoms with van der Waals surface area (Å²) in [4.78, 5) is 32.8. The summed E-state index contributed by atoms with van der Waals surface area (Å²) < 4.78 is 0. The van der Waals surface area contributed by atoms with Crippen molar-refractivity contribution in [3.63, 3.8) is 0 Å². The highest BCUT2D eigenvalue weighted by Gasteiger charge is 2.36. The fourth-order valence-corrected chi connectivity index (χ4v) is 5.08. The zero-order valence-corrected chi connectivity index (χ0v) is 18.2. The van der Waals surface area contributed by atoms with E-state index in [4.69, 9.17) is 0 Å². The Bertz CT molecular complexity index is 903. The molecule has 0 radical (unpaired) electrons. The molecule has 0 bridgehead atoms. The van der Waals surface area contributed by atoms with Crippen LogP contribution >= 0.6 is 11.3 Å². The summed E-state index contributed by atoms with van der Waals surface area (Å²) in [6, 6.07) is 10.3. The third kappa shape index (κ3) is 4.17. The zero-order chi connectivity index (χ0) is 20.5. The Kier molecular flexibility index (Phi) is 5.63. The monoisotopic (exact) mass is 411 g/mol. The number of benzene rings is 1. The molecule has 0 spiro atoms. The number of carbonyl (C=O) groups excluding carboxylic acids is 2. The van der Waals surface area contributed by atoms with E-state index in [2.05, 4.69) is 30.5 Å². The Labute approximate surface area is 176 Å². The van der Waals surface area contributed by atoms with Crippen LogP contribution in [0.15, 0.2) is 35.7 Å². The lowest BCUT2D eigenvalue weighted by molar-refractivity contribution is -0.134. The average Bonchev–Trinajstić information content (AvgIpc) is 3.39. The van der Waals surface area contributed by atoms with E-state index >= 15 is 0 Å². The lowest BCUT2D eigenvalue weighted by Gasteiger charge is -2.38. The minimum atomic E-state index is -0.0778. The maximum atomic E-state index is 13.5. The fourth-order valence-electron chi connectivity index (χ4n) is 4.17. The average molecular weight is 412 g/mol. The summed E-state index contributed by atoms with van der Waals surface area (Å²) >= 11 is 1.77. The largest absolute Gasteiger partial charge is 0.331 e. The van der Waals surface area contributed by atoms with Gasteiger partial charge < -0.3 is 14.7 Å². The van der Waals surface area contributed by atoms with Crippen molar-refractivity contribution < 1.29 is 9.59 Å². The van der Waals surface area contributed by atoms with Crippen LogP contribution in [0, 0.1) is 12.8 Å². The number of urea groups is 1. The van der Waals surface area contributed by atoms with E-state index in [1.807, 2.05) is 17.0 Å². The minimum absolute atomic E-state index is 0.0333. The van der Waals surface area contributed by atoms with Crippen LogP contribution in [0.5, 0.6) is 0 Å². The Morgan fingerprint density at radius 2 is 1.90 bits per heavy atom. The van der Waals surface area contributed by atoms with Gasteiger partial charge in [-0.15, -0.1) is 11.3 Å². The molecule has 1 aliphatic heterocycles. The molecule has 1 aromatic heterocycles. The first-order valence-electron chi connectivity index (χ1n) is 10.3. The Morgan fingerprint density at radius 3 is 2.59 bits per heavy atom. The summed E-state index contributed by atoms with van der Waals surface area (Å²) in [5.74, 6) is 0.578. The van der Waals surface area contributed by atoms with Gasteiger partial charge in [0.2, 0.25) is 5.91 Å². The van der Waals surface area contributed by atoms with Gasteiger partial charge in [-0.05, 0) is 60.2 Å². The minimum Gasteiger partial charge on any atom is -0.331 e. The second-order valence-electron chi connectivity index (χ2n) is 8.40. The summed E-state index contributed by atoms with van der Waals surface area (Å²) in [6.45, 7) is 3.62. The van der Waals surface area contributed by atoms with Gasteiger partial charge in [0, 0.05) is 32.1 Å². The van der Waals surface area contributed by atoms with Crippen LogP contribution < -0.4 is 0 Å². The van der Waals surface area contributed by atoms with E-state index in [1.54, 1.807) is 35.2 Å². The molecule has 1 fully saturated rings. The number of thiophene rings is 1. The Morgan fingerprint density at radius 1 is 1.14 bits per heavy atom. The molecule has 1 saturated carbocycles. The van der Waals surface area contributed by atoms with Crippen molar-refractivity contribution in [2.24, 2.45) is 5.92 Å². The number of nitrogens with zero attached hydrogens (tertiary/aromatic N) is 3. The highest BCUT2D eigenvalue weighted by Crippen LogP contribution is 2.39. The van der Waals surface area contributed by atoms with Crippen molar-refractivity contribution in [1.82, 2.24) is 14.7 Å². The molecule has 1 atom stereocenters. The fraction of sp³-hybridized carbons (Fsp3) is 0.478. The van der Waals surface area contributed by atoms with Gasteiger partial charge in [0.1, 0.15) is 6.54 Å². The van der Waals surface area contributed by atoms with Crippen LogP contribution in [-0.4, -0.2) is 60.4 Å². The van der Waals surface area contributed by atoms with Crippen LogP contribution in [0.3, 0.4) is 0 Å². The molecule has 5 nitrogen and oxygen atoms in total. The third-order valence-electron chi connectivity index (χ3n) is 5.92. The molecule has 1 aliphatic carbocycles. The normalized spacial score (nSPS) is 18.3.